The number of nitro benzene ring substituents is 1. The van der Waals surface area contributed by atoms with E-state index in [-0.39, 0.29) is 17.1 Å². The van der Waals surface area contributed by atoms with Crippen LogP contribution in [-0.2, 0) is 16.6 Å². The highest BCUT2D eigenvalue weighted by Crippen LogP contribution is 2.24. The van der Waals surface area contributed by atoms with Crippen molar-refractivity contribution >= 4 is 21.4 Å². The first-order valence-electron chi connectivity index (χ1n) is 7.57. The van der Waals surface area contributed by atoms with Crippen molar-refractivity contribution in [2.45, 2.75) is 11.4 Å². The number of hydrogen-bond donors (Lipinski definition) is 2. The number of nitrogens with zero attached hydrogens (tertiary/aromatic N) is 3. The predicted octanol–water partition coefficient (Wildman–Crippen LogP) is 2.18. The number of aromatic nitrogens is 2. The number of non-ortho nitro benzene ring substituents is 1. The summed E-state index contributed by atoms with van der Waals surface area (Å²) >= 11 is 0. The fourth-order valence-corrected chi connectivity index (χ4v) is 3.01. The van der Waals surface area contributed by atoms with Crippen LogP contribution in [0.3, 0.4) is 0 Å². The topological polar surface area (TPSA) is 133 Å². The predicted molar refractivity (Wildman–Crippen MR) is 95.3 cm³/mol. The van der Waals surface area contributed by atoms with Crippen molar-refractivity contribution in [3.05, 3.63) is 76.6 Å². The first kappa shape index (κ1) is 18.5. The summed E-state index contributed by atoms with van der Waals surface area (Å²) < 4.78 is 38.8. The second-order valence-corrected chi connectivity index (χ2v) is 7.19. The Kier molecular flexibility index (Phi) is 4.88. The van der Waals surface area contributed by atoms with Gasteiger partial charge in [-0.25, -0.2) is 22.9 Å². The van der Waals surface area contributed by atoms with Crippen molar-refractivity contribution in [2.75, 3.05) is 5.32 Å². The van der Waals surface area contributed by atoms with E-state index in [0.29, 0.717) is 11.3 Å². The third-order valence-corrected chi connectivity index (χ3v) is 4.61. The molecule has 3 N–H and O–H groups in total. The summed E-state index contributed by atoms with van der Waals surface area (Å²) in [5.41, 5.74) is 0.626. The maximum Gasteiger partial charge on any atom is 0.272 e. The van der Waals surface area contributed by atoms with Crippen LogP contribution in [0.1, 0.15) is 5.56 Å². The molecule has 2 aromatic carbocycles. The van der Waals surface area contributed by atoms with E-state index in [1.165, 1.54) is 35.3 Å². The number of anilines is 1. The summed E-state index contributed by atoms with van der Waals surface area (Å²) in [4.78, 5) is 13.7. The lowest BCUT2D eigenvalue weighted by Crippen LogP contribution is -2.13. The first-order valence-corrected chi connectivity index (χ1v) is 9.11. The van der Waals surface area contributed by atoms with E-state index in [1.54, 1.807) is 18.3 Å². The van der Waals surface area contributed by atoms with Gasteiger partial charge in [-0.15, -0.1) is 0 Å². The Balaban J connectivity index is 1.83. The van der Waals surface area contributed by atoms with E-state index in [1.807, 2.05) is 0 Å². The van der Waals surface area contributed by atoms with E-state index in [4.69, 9.17) is 5.14 Å². The summed E-state index contributed by atoms with van der Waals surface area (Å²) in [5, 5.41) is 18.9. The Hall–Kier alpha value is -3.31. The highest BCUT2D eigenvalue weighted by Gasteiger charge is 2.16. The van der Waals surface area contributed by atoms with Gasteiger partial charge in [0, 0.05) is 36.8 Å². The molecule has 9 nitrogen and oxygen atoms in total. The maximum absolute atomic E-state index is 14.3. The summed E-state index contributed by atoms with van der Waals surface area (Å²) in [5.74, 6) is -0.475. The standard InChI is InChI=1S/C16H14FN5O4S/c17-15-5-11(1-2-16(15)21-4-3-19-10-21)9-20-12-6-13(22(23)24)8-14(7-12)27(18,25)26/h1-8,10,20H,9H2,(H2,18,25,26). The molecule has 0 aliphatic rings. The molecular weight excluding hydrogens is 377 g/mol. The normalized spacial score (nSPS) is 11.3. The fourth-order valence-electron chi connectivity index (χ4n) is 2.43. The van der Waals surface area contributed by atoms with Crippen LogP contribution in [0, 0.1) is 15.9 Å². The molecule has 0 aliphatic carbocycles. The SMILES string of the molecule is NS(=O)(=O)c1cc(NCc2ccc(-n3ccnc3)c(F)c2)cc([N+](=O)[O-])c1. The van der Waals surface area contributed by atoms with Crippen molar-refractivity contribution in [3.63, 3.8) is 0 Å². The zero-order chi connectivity index (χ0) is 19.6. The van der Waals surface area contributed by atoms with Gasteiger partial charge in [0.2, 0.25) is 10.0 Å². The number of benzene rings is 2. The molecule has 0 spiro atoms. The molecule has 0 fully saturated rings. The van der Waals surface area contributed by atoms with Gasteiger partial charge in [-0.3, -0.25) is 10.1 Å². The van der Waals surface area contributed by atoms with Gasteiger partial charge in [0.15, 0.2) is 0 Å². The lowest BCUT2D eigenvalue weighted by Gasteiger charge is -2.10. The lowest BCUT2D eigenvalue weighted by atomic mass is 10.2. The Bertz CT molecular complexity index is 1100. The minimum absolute atomic E-state index is 0.117. The first-order chi connectivity index (χ1) is 12.7. The molecular formula is C16H14FN5O4S. The Morgan fingerprint density at radius 3 is 2.63 bits per heavy atom. The van der Waals surface area contributed by atoms with Crippen LogP contribution in [0.4, 0.5) is 15.8 Å². The average Bonchev–Trinajstić information content (AvgIpc) is 3.13. The van der Waals surface area contributed by atoms with E-state index in [2.05, 4.69) is 10.3 Å². The lowest BCUT2D eigenvalue weighted by molar-refractivity contribution is -0.385. The Morgan fingerprint density at radius 1 is 1.26 bits per heavy atom. The number of rotatable bonds is 6. The van der Waals surface area contributed by atoms with Gasteiger partial charge < -0.3 is 9.88 Å². The second kappa shape index (κ2) is 7.13. The van der Waals surface area contributed by atoms with E-state index < -0.39 is 26.5 Å². The molecule has 0 atom stereocenters. The van der Waals surface area contributed by atoms with Crippen molar-refractivity contribution in [3.8, 4) is 5.69 Å². The molecule has 0 aliphatic heterocycles. The van der Waals surface area contributed by atoms with Crippen LogP contribution in [-0.4, -0.2) is 22.9 Å². The number of nitrogens with two attached hydrogens (primary N) is 1. The minimum atomic E-state index is -4.11. The molecule has 0 saturated heterocycles. The molecule has 11 heteroatoms. The fraction of sp³-hybridized carbons (Fsp3) is 0.0625. The molecule has 27 heavy (non-hydrogen) atoms. The van der Waals surface area contributed by atoms with Crippen molar-refractivity contribution in [2.24, 2.45) is 5.14 Å². The monoisotopic (exact) mass is 391 g/mol. The van der Waals surface area contributed by atoms with E-state index >= 15 is 0 Å². The van der Waals surface area contributed by atoms with Crippen LogP contribution in [0.25, 0.3) is 5.69 Å². The molecule has 3 rings (SSSR count). The summed E-state index contributed by atoms with van der Waals surface area (Å²) in [6.45, 7) is 0.117. The summed E-state index contributed by atoms with van der Waals surface area (Å²) in [6, 6.07) is 7.77. The Morgan fingerprint density at radius 2 is 2.04 bits per heavy atom. The van der Waals surface area contributed by atoms with Gasteiger partial charge in [-0.1, -0.05) is 6.07 Å². The molecule has 0 radical (unpaired) electrons. The van der Waals surface area contributed by atoms with Gasteiger partial charge in [0.05, 0.1) is 21.8 Å². The molecule has 3 aromatic rings. The van der Waals surface area contributed by atoms with E-state index in [9.17, 15) is 22.9 Å². The smallest absolute Gasteiger partial charge is 0.272 e. The molecule has 1 aromatic heterocycles. The summed E-state index contributed by atoms with van der Waals surface area (Å²) in [7, 11) is -4.11. The molecule has 0 bridgehead atoms. The van der Waals surface area contributed by atoms with Crippen molar-refractivity contribution in [1.82, 2.24) is 9.55 Å². The third-order valence-electron chi connectivity index (χ3n) is 3.72. The maximum atomic E-state index is 14.3. The van der Waals surface area contributed by atoms with Gasteiger partial charge in [-0.05, 0) is 23.8 Å². The number of imidazole rings is 1. The number of primary sulfonamides is 1. The van der Waals surface area contributed by atoms with Crippen LogP contribution >= 0.6 is 0 Å². The van der Waals surface area contributed by atoms with Crippen molar-refractivity contribution < 1.29 is 17.7 Å². The molecule has 0 saturated carbocycles. The van der Waals surface area contributed by atoms with Gasteiger partial charge >= 0.3 is 0 Å². The highest BCUT2D eigenvalue weighted by molar-refractivity contribution is 7.89. The zero-order valence-corrected chi connectivity index (χ0v) is 14.6. The molecule has 0 unspecified atom stereocenters. The third kappa shape index (κ3) is 4.27. The largest absolute Gasteiger partial charge is 0.381 e. The van der Waals surface area contributed by atoms with Crippen LogP contribution in [0.5, 0.6) is 0 Å². The molecule has 0 amide bonds. The van der Waals surface area contributed by atoms with Crippen LogP contribution < -0.4 is 10.5 Å². The number of hydrogen-bond acceptors (Lipinski definition) is 6. The minimum Gasteiger partial charge on any atom is -0.381 e. The van der Waals surface area contributed by atoms with Crippen LogP contribution in [0.15, 0.2) is 60.0 Å². The number of nitrogens with one attached hydrogen (secondary N) is 1. The quantitative estimate of drug-likeness (QED) is 0.489. The van der Waals surface area contributed by atoms with Gasteiger partial charge in [0.25, 0.3) is 5.69 Å². The van der Waals surface area contributed by atoms with Crippen LogP contribution in [0.2, 0.25) is 0 Å². The van der Waals surface area contributed by atoms with E-state index in [0.717, 1.165) is 6.07 Å². The number of nitro groups is 1. The number of sulfonamides is 1. The van der Waals surface area contributed by atoms with Gasteiger partial charge in [-0.2, -0.15) is 0 Å². The van der Waals surface area contributed by atoms with Gasteiger partial charge in [0.1, 0.15) is 5.82 Å². The average molecular weight is 391 g/mol. The summed E-state index contributed by atoms with van der Waals surface area (Å²) in [6.07, 6.45) is 4.60. The Labute approximate surface area is 153 Å². The highest BCUT2D eigenvalue weighted by atomic mass is 32.2. The molecule has 140 valence electrons. The number of halogens is 1. The second-order valence-electron chi connectivity index (χ2n) is 5.63. The zero-order valence-electron chi connectivity index (χ0n) is 13.7. The molecule has 1 heterocycles. The van der Waals surface area contributed by atoms with Crippen molar-refractivity contribution in [1.29, 1.82) is 0 Å².